The standard InChI is InChI=1S/C10H21N3O/c1-13(7-10(12)14)9-5-3-2-4-8(9)6-11/h8-9H,2-7,11H2,1H3,(H2,12,14). The van der Waals surface area contributed by atoms with Gasteiger partial charge in [0.25, 0.3) is 0 Å². The highest BCUT2D eigenvalue weighted by Gasteiger charge is 2.27. The molecule has 0 aromatic heterocycles. The molecule has 2 unspecified atom stereocenters. The van der Waals surface area contributed by atoms with E-state index in [1.165, 1.54) is 19.3 Å². The van der Waals surface area contributed by atoms with E-state index in [-0.39, 0.29) is 5.91 Å². The average molecular weight is 199 g/mol. The first-order valence-electron chi connectivity index (χ1n) is 5.33. The van der Waals surface area contributed by atoms with Gasteiger partial charge in [-0.1, -0.05) is 12.8 Å². The van der Waals surface area contributed by atoms with Gasteiger partial charge in [-0.15, -0.1) is 0 Å². The van der Waals surface area contributed by atoms with Gasteiger partial charge in [-0.3, -0.25) is 9.69 Å². The van der Waals surface area contributed by atoms with Crippen LogP contribution in [-0.2, 0) is 4.79 Å². The normalized spacial score (nSPS) is 27.9. The lowest BCUT2D eigenvalue weighted by atomic mass is 9.84. The maximum Gasteiger partial charge on any atom is 0.231 e. The summed E-state index contributed by atoms with van der Waals surface area (Å²) in [7, 11) is 1.96. The first kappa shape index (κ1) is 11.5. The van der Waals surface area contributed by atoms with Crippen molar-refractivity contribution in [3.63, 3.8) is 0 Å². The summed E-state index contributed by atoms with van der Waals surface area (Å²) < 4.78 is 0. The molecule has 14 heavy (non-hydrogen) atoms. The summed E-state index contributed by atoms with van der Waals surface area (Å²) in [5.41, 5.74) is 10.9. The number of carbonyl (C=O) groups is 1. The van der Waals surface area contributed by atoms with Crippen LogP contribution in [0.5, 0.6) is 0 Å². The summed E-state index contributed by atoms with van der Waals surface area (Å²) in [5, 5.41) is 0. The maximum atomic E-state index is 10.8. The molecule has 1 saturated carbocycles. The Labute approximate surface area is 85.6 Å². The second kappa shape index (κ2) is 5.32. The first-order valence-corrected chi connectivity index (χ1v) is 5.33. The van der Waals surface area contributed by atoms with Crippen LogP contribution in [0.1, 0.15) is 25.7 Å². The topological polar surface area (TPSA) is 72.3 Å². The lowest BCUT2D eigenvalue weighted by Gasteiger charge is -2.36. The predicted molar refractivity (Wildman–Crippen MR) is 56.6 cm³/mol. The van der Waals surface area contributed by atoms with Crippen molar-refractivity contribution in [2.75, 3.05) is 20.1 Å². The zero-order valence-electron chi connectivity index (χ0n) is 8.91. The minimum atomic E-state index is -0.256. The molecular formula is C10H21N3O. The van der Waals surface area contributed by atoms with Crippen LogP contribution in [-0.4, -0.2) is 37.0 Å². The van der Waals surface area contributed by atoms with Gasteiger partial charge in [0, 0.05) is 6.04 Å². The molecule has 1 aliphatic rings. The monoisotopic (exact) mass is 199 g/mol. The Hall–Kier alpha value is -0.610. The molecule has 0 saturated heterocycles. The lowest BCUT2D eigenvalue weighted by Crippen LogP contribution is -2.46. The number of nitrogens with zero attached hydrogens (tertiary/aromatic N) is 1. The summed E-state index contributed by atoms with van der Waals surface area (Å²) in [6.07, 6.45) is 4.84. The van der Waals surface area contributed by atoms with Crippen molar-refractivity contribution in [2.45, 2.75) is 31.7 Å². The van der Waals surface area contributed by atoms with Crippen molar-refractivity contribution in [3.05, 3.63) is 0 Å². The number of hydrogen-bond donors (Lipinski definition) is 2. The molecule has 0 heterocycles. The van der Waals surface area contributed by atoms with Crippen LogP contribution in [0.4, 0.5) is 0 Å². The molecule has 82 valence electrons. The van der Waals surface area contributed by atoms with Gasteiger partial charge in [-0.05, 0) is 32.4 Å². The molecule has 0 aliphatic heterocycles. The van der Waals surface area contributed by atoms with Gasteiger partial charge < -0.3 is 11.5 Å². The number of rotatable bonds is 4. The molecule has 0 radical (unpaired) electrons. The van der Waals surface area contributed by atoms with Gasteiger partial charge >= 0.3 is 0 Å². The van der Waals surface area contributed by atoms with Gasteiger partial charge in [-0.2, -0.15) is 0 Å². The molecule has 4 heteroatoms. The summed E-state index contributed by atoms with van der Waals surface area (Å²) >= 11 is 0. The quantitative estimate of drug-likeness (QED) is 0.665. The van der Waals surface area contributed by atoms with Crippen molar-refractivity contribution < 1.29 is 4.79 Å². The zero-order valence-corrected chi connectivity index (χ0v) is 8.91. The average Bonchev–Trinajstić information content (AvgIpc) is 2.16. The van der Waals surface area contributed by atoms with Crippen LogP contribution in [0.15, 0.2) is 0 Å². The van der Waals surface area contributed by atoms with E-state index in [0.29, 0.717) is 25.0 Å². The van der Waals surface area contributed by atoms with Crippen molar-refractivity contribution in [3.8, 4) is 0 Å². The molecule has 0 spiro atoms. The SMILES string of the molecule is CN(CC(N)=O)C1CCCCC1CN. The Balaban J connectivity index is 2.49. The smallest absolute Gasteiger partial charge is 0.231 e. The Bertz CT molecular complexity index is 196. The first-order chi connectivity index (χ1) is 6.65. The lowest BCUT2D eigenvalue weighted by molar-refractivity contribution is -0.119. The third kappa shape index (κ3) is 2.96. The highest BCUT2D eigenvalue weighted by atomic mass is 16.1. The predicted octanol–water partition coefficient (Wildman–Crippen LogP) is -0.0790. The molecule has 4 N–H and O–H groups in total. The van der Waals surface area contributed by atoms with E-state index in [2.05, 4.69) is 4.90 Å². The molecular weight excluding hydrogens is 178 g/mol. The Morgan fingerprint density at radius 2 is 2.07 bits per heavy atom. The molecule has 1 fully saturated rings. The number of nitrogens with two attached hydrogens (primary N) is 2. The highest BCUT2D eigenvalue weighted by Crippen LogP contribution is 2.26. The minimum Gasteiger partial charge on any atom is -0.369 e. The summed E-state index contributed by atoms with van der Waals surface area (Å²) in [6, 6.07) is 0.446. The van der Waals surface area contributed by atoms with E-state index < -0.39 is 0 Å². The van der Waals surface area contributed by atoms with E-state index in [1.807, 2.05) is 7.05 Å². The molecule has 1 aliphatic carbocycles. The maximum absolute atomic E-state index is 10.8. The van der Waals surface area contributed by atoms with Crippen LogP contribution in [0.3, 0.4) is 0 Å². The molecule has 1 rings (SSSR count). The van der Waals surface area contributed by atoms with Crippen LogP contribution in [0.25, 0.3) is 0 Å². The van der Waals surface area contributed by atoms with Crippen LogP contribution >= 0.6 is 0 Å². The van der Waals surface area contributed by atoms with Gasteiger partial charge in [0.05, 0.1) is 6.54 Å². The highest BCUT2D eigenvalue weighted by molar-refractivity contribution is 5.75. The Kier molecular flexibility index (Phi) is 4.35. The Morgan fingerprint density at radius 3 is 2.64 bits per heavy atom. The molecule has 0 aromatic rings. The number of likely N-dealkylation sites (N-methyl/N-ethyl adjacent to an activating group) is 1. The largest absolute Gasteiger partial charge is 0.369 e. The third-order valence-electron chi connectivity index (χ3n) is 3.14. The molecule has 1 amide bonds. The van der Waals surface area contributed by atoms with Gasteiger partial charge in [0.2, 0.25) is 5.91 Å². The van der Waals surface area contributed by atoms with Gasteiger partial charge in [0.1, 0.15) is 0 Å². The fraction of sp³-hybridized carbons (Fsp3) is 0.900. The number of hydrogen-bond acceptors (Lipinski definition) is 3. The van der Waals surface area contributed by atoms with Crippen LogP contribution in [0, 0.1) is 5.92 Å². The van der Waals surface area contributed by atoms with Crippen LogP contribution < -0.4 is 11.5 Å². The molecule has 2 atom stereocenters. The van der Waals surface area contributed by atoms with Crippen LogP contribution in [0.2, 0.25) is 0 Å². The molecule has 0 bridgehead atoms. The van der Waals surface area contributed by atoms with Crippen molar-refractivity contribution in [1.29, 1.82) is 0 Å². The second-order valence-electron chi connectivity index (χ2n) is 4.23. The fourth-order valence-electron chi connectivity index (χ4n) is 2.41. The summed E-state index contributed by atoms with van der Waals surface area (Å²) in [6.45, 7) is 1.06. The van der Waals surface area contributed by atoms with Gasteiger partial charge in [-0.25, -0.2) is 0 Å². The number of carbonyl (C=O) groups excluding carboxylic acids is 1. The van der Waals surface area contributed by atoms with Crippen molar-refractivity contribution in [1.82, 2.24) is 4.90 Å². The summed E-state index contributed by atoms with van der Waals surface area (Å²) in [4.78, 5) is 12.9. The zero-order chi connectivity index (χ0) is 10.6. The van der Waals surface area contributed by atoms with E-state index in [9.17, 15) is 4.79 Å². The summed E-state index contributed by atoms with van der Waals surface area (Å²) in [5.74, 6) is 0.280. The molecule has 4 nitrogen and oxygen atoms in total. The van der Waals surface area contributed by atoms with Gasteiger partial charge in [0.15, 0.2) is 0 Å². The molecule has 0 aromatic carbocycles. The van der Waals surface area contributed by atoms with E-state index in [0.717, 1.165) is 6.42 Å². The number of primary amides is 1. The van der Waals surface area contributed by atoms with E-state index in [4.69, 9.17) is 11.5 Å². The third-order valence-corrected chi connectivity index (χ3v) is 3.14. The van der Waals surface area contributed by atoms with E-state index >= 15 is 0 Å². The van der Waals surface area contributed by atoms with Crippen molar-refractivity contribution >= 4 is 5.91 Å². The van der Waals surface area contributed by atoms with Crippen molar-refractivity contribution in [2.24, 2.45) is 17.4 Å². The number of amides is 1. The van der Waals surface area contributed by atoms with E-state index in [1.54, 1.807) is 0 Å². The minimum absolute atomic E-state index is 0.256. The Morgan fingerprint density at radius 1 is 1.43 bits per heavy atom. The fourth-order valence-corrected chi connectivity index (χ4v) is 2.41. The second-order valence-corrected chi connectivity index (χ2v) is 4.23.